The Morgan fingerprint density at radius 3 is 2.44 bits per heavy atom. The minimum atomic E-state index is -0.0319. The molecular formula is C23H26N8O. The number of anilines is 2. The van der Waals surface area contributed by atoms with E-state index in [9.17, 15) is 10.1 Å². The van der Waals surface area contributed by atoms with Crippen LogP contribution in [0.5, 0.6) is 0 Å². The molecule has 3 aromatic rings. The molecular weight excluding hydrogens is 404 g/mol. The molecule has 1 N–H and O–H groups in total. The molecule has 0 spiro atoms. The van der Waals surface area contributed by atoms with Gasteiger partial charge in [-0.2, -0.15) is 5.26 Å². The maximum Gasteiger partial charge on any atom is 0.225 e. The first-order chi connectivity index (χ1) is 15.6. The Balaban J connectivity index is 1.33. The summed E-state index contributed by atoms with van der Waals surface area (Å²) < 4.78 is 2.19. The van der Waals surface area contributed by atoms with Crippen LogP contribution in [0.4, 0.5) is 11.8 Å². The van der Waals surface area contributed by atoms with E-state index >= 15 is 0 Å². The highest BCUT2D eigenvalue weighted by Crippen LogP contribution is 2.36. The molecule has 0 aromatic carbocycles. The molecule has 0 radical (unpaired) electrons. The highest BCUT2D eigenvalue weighted by molar-refractivity contribution is 5.93. The van der Waals surface area contributed by atoms with Crippen LogP contribution in [0.2, 0.25) is 0 Å². The molecule has 3 aromatic heterocycles. The molecule has 4 heterocycles. The summed E-state index contributed by atoms with van der Waals surface area (Å²) in [6.45, 7) is 4.66. The molecule has 2 fully saturated rings. The Kier molecular flexibility index (Phi) is 5.23. The van der Waals surface area contributed by atoms with Crippen molar-refractivity contribution in [3.8, 4) is 6.07 Å². The van der Waals surface area contributed by atoms with Crippen LogP contribution >= 0.6 is 0 Å². The third kappa shape index (κ3) is 3.56. The normalized spacial score (nSPS) is 20.8. The van der Waals surface area contributed by atoms with Crippen LogP contribution in [0.15, 0.2) is 30.7 Å². The van der Waals surface area contributed by atoms with Gasteiger partial charge in [0.05, 0.1) is 11.1 Å². The largest absolute Gasteiger partial charge is 0.353 e. The van der Waals surface area contributed by atoms with Crippen LogP contribution in [-0.2, 0) is 0 Å². The van der Waals surface area contributed by atoms with E-state index in [2.05, 4.69) is 35.7 Å². The van der Waals surface area contributed by atoms with Crippen LogP contribution in [-0.4, -0.2) is 64.6 Å². The molecule has 1 aliphatic heterocycles. The van der Waals surface area contributed by atoms with Gasteiger partial charge in [0.2, 0.25) is 5.95 Å². The van der Waals surface area contributed by atoms with Crippen molar-refractivity contribution in [1.29, 1.82) is 5.26 Å². The number of hydrogen-bond donors (Lipinski definition) is 1. The van der Waals surface area contributed by atoms with Crippen molar-refractivity contribution in [3.63, 3.8) is 0 Å². The van der Waals surface area contributed by atoms with Crippen molar-refractivity contribution in [2.75, 3.05) is 43.0 Å². The molecule has 0 bridgehead atoms. The lowest BCUT2D eigenvalue weighted by molar-refractivity contribution is 0.101. The van der Waals surface area contributed by atoms with Gasteiger partial charge >= 0.3 is 0 Å². The third-order valence-electron chi connectivity index (χ3n) is 6.63. The number of fused-ring (bicyclic) bond motifs is 1. The molecule has 0 amide bonds. The standard InChI is InChI=1S/C23H26N8O/c1-15(32)17-12-26-23(27-13-17)30-7-5-29(6-8-30)21-4-3-20-16(11-24)14-31(22(20)28-21)19-9-18(10-19)25-2/h3-4,12-14,18-19,25H,5-10H2,1-2H3/t18-,19-. The minimum Gasteiger partial charge on any atom is -0.353 e. The van der Waals surface area contributed by atoms with Crippen LogP contribution in [0, 0.1) is 11.3 Å². The number of piperazine rings is 1. The van der Waals surface area contributed by atoms with Crippen molar-refractivity contribution >= 4 is 28.6 Å². The number of aromatic nitrogens is 4. The predicted octanol–water partition coefficient (Wildman–Crippen LogP) is 2.15. The molecule has 1 saturated carbocycles. The van der Waals surface area contributed by atoms with Gasteiger partial charge in [-0.05, 0) is 38.9 Å². The average molecular weight is 431 g/mol. The maximum absolute atomic E-state index is 11.4. The smallest absolute Gasteiger partial charge is 0.225 e. The zero-order valence-electron chi connectivity index (χ0n) is 18.3. The van der Waals surface area contributed by atoms with Gasteiger partial charge < -0.3 is 19.7 Å². The zero-order valence-corrected chi connectivity index (χ0v) is 18.3. The summed E-state index contributed by atoms with van der Waals surface area (Å²) in [6.07, 6.45) is 7.24. The Labute approximate surface area is 186 Å². The van der Waals surface area contributed by atoms with Crippen molar-refractivity contribution in [3.05, 3.63) is 41.9 Å². The number of carbonyl (C=O) groups excluding carboxylic acids is 1. The van der Waals surface area contributed by atoms with E-state index in [1.54, 1.807) is 12.4 Å². The second-order valence-corrected chi connectivity index (χ2v) is 8.52. The summed E-state index contributed by atoms with van der Waals surface area (Å²) in [7, 11) is 1.99. The fourth-order valence-electron chi connectivity index (χ4n) is 4.51. The predicted molar refractivity (Wildman–Crippen MR) is 122 cm³/mol. The monoisotopic (exact) mass is 430 g/mol. The summed E-state index contributed by atoms with van der Waals surface area (Å²) in [4.78, 5) is 29.5. The summed E-state index contributed by atoms with van der Waals surface area (Å²) in [5.74, 6) is 1.54. The Morgan fingerprint density at radius 1 is 1.12 bits per heavy atom. The number of pyridine rings is 1. The molecule has 164 valence electrons. The Hall–Kier alpha value is -3.51. The molecule has 2 aliphatic rings. The van der Waals surface area contributed by atoms with Gasteiger partial charge in [-0.15, -0.1) is 0 Å². The lowest BCUT2D eigenvalue weighted by atomic mass is 9.87. The molecule has 9 heteroatoms. The van der Waals surface area contributed by atoms with Gasteiger partial charge in [0.25, 0.3) is 0 Å². The Bertz CT molecular complexity index is 1180. The molecule has 5 rings (SSSR count). The van der Waals surface area contributed by atoms with E-state index in [-0.39, 0.29) is 5.78 Å². The highest BCUT2D eigenvalue weighted by atomic mass is 16.1. The second kappa shape index (κ2) is 8.20. The number of Topliss-reactive ketones (excluding diaryl/α,β-unsaturated/α-hetero) is 1. The maximum atomic E-state index is 11.4. The first-order valence-electron chi connectivity index (χ1n) is 11.0. The molecule has 32 heavy (non-hydrogen) atoms. The van der Waals surface area contributed by atoms with Gasteiger partial charge in [0.1, 0.15) is 17.5 Å². The summed E-state index contributed by atoms with van der Waals surface area (Å²) in [5, 5.41) is 13.8. The van der Waals surface area contributed by atoms with E-state index in [1.165, 1.54) is 6.92 Å². The first kappa shape index (κ1) is 20.4. The average Bonchev–Trinajstić information content (AvgIpc) is 3.16. The van der Waals surface area contributed by atoms with Gasteiger partial charge in [-0.3, -0.25) is 4.79 Å². The Morgan fingerprint density at radius 2 is 1.81 bits per heavy atom. The van der Waals surface area contributed by atoms with Gasteiger partial charge in [-0.25, -0.2) is 15.0 Å². The van der Waals surface area contributed by atoms with Gasteiger partial charge in [-0.1, -0.05) is 0 Å². The summed E-state index contributed by atoms with van der Waals surface area (Å²) in [5.41, 5.74) is 2.10. The number of nitrogens with one attached hydrogen (secondary N) is 1. The van der Waals surface area contributed by atoms with Gasteiger partial charge in [0, 0.05) is 62.2 Å². The first-order valence-corrected chi connectivity index (χ1v) is 11.0. The molecule has 1 saturated heterocycles. The zero-order chi connectivity index (χ0) is 22.2. The fraction of sp³-hybridized carbons (Fsp3) is 0.435. The van der Waals surface area contributed by atoms with Crippen LogP contribution in [0.1, 0.15) is 41.7 Å². The SMILES string of the molecule is CN[C@H]1C[C@H](n2cc(C#N)c3ccc(N4CCN(c5ncc(C(C)=O)cn5)CC4)nc32)C1. The fourth-order valence-corrected chi connectivity index (χ4v) is 4.51. The van der Waals surface area contributed by atoms with E-state index in [1.807, 2.05) is 25.4 Å². The molecule has 9 nitrogen and oxygen atoms in total. The second-order valence-electron chi connectivity index (χ2n) is 8.52. The number of nitrogens with zero attached hydrogens (tertiary/aromatic N) is 7. The molecule has 0 unspecified atom stereocenters. The number of rotatable bonds is 5. The highest BCUT2D eigenvalue weighted by Gasteiger charge is 2.31. The topological polar surface area (TPSA) is 103 Å². The summed E-state index contributed by atoms with van der Waals surface area (Å²) in [6, 6.07) is 7.27. The quantitative estimate of drug-likeness (QED) is 0.614. The minimum absolute atomic E-state index is 0.0319. The number of hydrogen-bond acceptors (Lipinski definition) is 8. The van der Waals surface area contributed by atoms with E-state index in [0.29, 0.717) is 29.2 Å². The van der Waals surface area contributed by atoms with Crippen molar-refractivity contribution < 1.29 is 4.79 Å². The summed E-state index contributed by atoms with van der Waals surface area (Å²) >= 11 is 0. The van der Waals surface area contributed by atoms with E-state index < -0.39 is 0 Å². The van der Waals surface area contributed by atoms with E-state index in [4.69, 9.17) is 4.98 Å². The van der Waals surface area contributed by atoms with Crippen molar-refractivity contribution in [2.45, 2.75) is 31.8 Å². The lowest BCUT2D eigenvalue weighted by Gasteiger charge is -2.37. The number of carbonyl (C=O) groups is 1. The van der Waals surface area contributed by atoms with E-state index in [0.717, 1.165) is 55.9 Å². The van der Waals surface area contributed by atoms with Gasteiger partial charge in [0.15, 0.2) is 5.78 Å². The number of ketones is 1. The van der Waals surface area contributed by atoms with Crippen LogP contribution < -0.4 is 15.1 Å². The van der Waals surface area contributed by atoms with Crippen LogP contribution in [0.3, 0.4) is 0 Å². The molecule has 1 aliphatic carbocycles. The van der Waals surface area contributed by atoms with Crippen LogP contribution in [0.25, 0.3) is 11.0 Å². The number of nitriles is 1. The van der Waals surface area contributed by atoms with Crippen molar-refractivity contribution in [2.24, 2.45) is 0 Å². The molecule has 0 atom stereocenters. The van der Waals surface area contributed by atoms with Crippen molar-refractivity contribution in [1.82, 2.24) is 24.8 Å². The lowest BCUT2D eigenvalue weighted by Crippen LogP contribution is -2.47. The third-order valence-corrected chi connectivity index (χ3v) is 6.63.